The third-order valence-corrected chi connectivity index (χ3v) is 6.06. The summed E-state index contributed by atoms with van der Waals surface area (Å²) >= 11 is 0. The number of hydrogen-bond acceptors (Lipinski definition) is 8. The average molecular weight is 507 g/mol. The summed E-state index contributed by atoms with van der Waals surface area (Å²) in [5.74, 6) is 1.15. The molecule has 0 saturated carbocycles. The predicted molar refractivity (Wildman–Crippen MR) is 134 cm³/mol. The predicted octanol–water partition coefficient (Wildman–Crippen LogP) is 4.53. The summed E-state index contributed by atoms with van der Waals surface area (Å²) < 4.78 is 22.7. The molecule has 0 atom stereocenters. The third kappa shape index (κ3) is 9.35. The molecule has 0 unspecified atom stereocenters. The lowest BCUT2D eigenvalue weighted by Gasteiger charge is -2.33. The lowest BCUT2D eigenvalue weighted by molar-refractivity contribution is 0.0156. The van der Waals surface area contributed by atoms with Crippen molar-refractivity contribution in [2.45, 2.75) is 78.4 Å². The van der Waals surface area contributed by atoms with E-state index >= 15 is 0 Å². The summed E-state index contributed by atoms with van der Waals surface area (Å²) in [4.78, 5) is 36.6. The highest BCUT2D eigenvalue weighted by molar-refractivity contribution is 5.68. The zero-order valence-electron chi connectivity index (χ0n) is 22.6. The van der Waals surface area contributed by atoms with Crippen LogP contribution in [0.25, 0.3) is 0 Å². The van der Waals surface area contributed by atoms with Crippen molar-refractivity contribution < 1.29 is 28.5 Å². The summed E-state index contributed by atoms with van der Waals surface area (Å²) in [7, 11) is 0. The van der Waals surface area contributed by atoms with Crippen LogP contribution in [0.4, 0.5) is 9.59 Å². The second-order valence-corrected chi connectivity index (χ2v) is 11.6. The van der Waals surface area contributed by atoms with Crippen molar-refractivity contribution in [1.29, 1.82) is 0 Å². The van der Waals surface area contributed by atoms with Gasteiger partial charge in [-0.15, -0.1) is 0 Å². The van der Waals surface area contributed by atoms with Gasteiger partial charge in [-0.05, 0) is 79.1 Å². The quantitative estimate of drug-likeness (QED) is 0.554. The van der Waals surface area contributed by atoms with E-state index in [-0.39, 0.29) is 12.2 Å². The molecule has 1 aromatic heterocycles. The van der Waals surface area contributed by atoms with E-state index in [9.17, 15) is 9.59 Å². The van der Waals surface area contributed by atoms with Crippen LogP contribution in [0.5, 0.6) is 11.9 Å². The first-order valence-electron chi connectivity index (χ1n) is 12.9. The molecular weight excluding hydrogens is 464 g/mol. The summed E-state index contributed by atoms with van der Waals surface area (Å²) in [6, 6.07) is 2.02. The first-order valence-corrected chi connectivity index (χ1v) is 12.9. The fourth-order valence-corrected chi connectivity index (χ4v) is 4.09. The number of hydrogen-bond donors (Lipinski definition) is 0. The standard InChI is InChI=1S/C26H42N4O6/c1-25(2,3)35-23(31)29-13-8-19(9-14-29)17-33-21-7-12-27-22(28-21)34-18-20-10-15-30(16-11-20)24(32)36-26(4,5)6/h7,12,19-20H,8-11,13-18H2,1-6H3. The minimum absolute atomic E-state index is 0.255. The maximum absolute atomic E-state index is 12.2. The zero-order valence-corrected chi connectivity index (χ0v) is 22.6. The van der Waals surface area contributed by atoms with Crippen molar-refractivity contribution in [3.05, 3.63) is 12.3 Å². The van der Waals surface area contributed by atoms with Gasteiger partial charge in [-0.1, -0.05) is 0 Å². The molecular formula is C26H42N4O6. The molecule has 0 radical (unpaired) electrons. The minimum atomic E-state index is -0.487. The number of amides is 2. The number of carbonyl (C=O) groups is 2. The highest BCUT2D eigenvalue weighted by Gasteiger charge is 2.28. The van der Waals surface area contributed by atoms with Crippen LogP contribution in [-0.2, 0) is 9.47 Å². The molecule has 2 amide bonds. The number of carbonyl (C=O) groups excluding carboxylic acids is 2. The molecule has 0 spiro atoms. The molecule has 2 aliphatic heterocycles. The van der Waals surface area contributed by atoms with Gasteiger partial charge in [0.05, 0.1) is 13.2 Å². The second kappa shape index (κ2) is 12.0. The Bertz CT molecular complexity index is 799. The van der Waals surface area contributed by atoms with E-state index in [0.29, 0.717) is 63.1 Å². The van der Waals surface area contributed by atoms with E-state index < -0.39 is 11.2 Å². The lowest BCUT2D eigenvalue weighted by Crippen LogP contribution is -2.42. The summed E-state index contributed by atoms with van der Waals surface area (Å²) in [6.45, 7) is 14.9. The van der Waals surface area contributed by atoms with Gasteiger partial charge in [-0.3, -0.25) is 0 Å². The second-order valence-electron chi connectivity index (χ2n) is 11.6. The van der Waals surface area contributed by atoms with E-state index in [0.717, 1.165) is 25.7 Å². The Morgan fingerprint density at radius 1 is 0.806 bits per heavy atom. The van der Waals surface area contributed by atoms with Gasteiger partial charge in [-0.2, -0.15) is 4.98 Å². The zero-order chi connectivity index (χ0) is 26.3. The van der Waals surface area contributed by atoms with E-state index in [1.165, 1.54) is 0 Å². The molecule has 2 aliphatic rings. The summed E-state index contributed by atoms with van der Waals surface area (Å²) in [6.07, 6.45) is 4.52. The third-order valence-electron chi connectivity index (χ3n) is 6.06. The van der Waals surface area contributed by atoms with E-state index in [1.54, 1.807) is 22.1 Å². The van der Waals surface area contributed by atoms with Crippen molar-refractivity contribution in [2.24, 2.45) is 11.8 Å². The fraction of sp³-hybridized carbons (Fsp3) is 0.769. The highest BCUT2D eigenvalue weighted by atomic mass is 16.6. The molecule has 202 valence electrons. The van der Waals surface area contributed by atoms with E-state index in [2.05, 4.69) is 9.97 Å². The Kier molecular flexibility index (Phi) is 9.24. The van der Waals surface area contributed by atoms with Crippen LogP contribution in [0.2, 0.25) is 0 Å². The van der Waals surface area contributed by atoms with Crippen molar-refractivity contribution in [3.8, 4) is 11.9 Å². The number of ether oxygens (including phenoxy) is 4. The van der Waals surface area contributed by atoms with Gasteiger partial charge in [0.15, 0.2) is 0 Å². The molecule has 0 aliphatic carbocycles. The van der Waals surface area contributed by atoms with Gasteiger partial charge in [0.1, 0.15) is 11.2 Å². The molecule has 3 rings (SSSR count). The van der Waals surface area contributed by atoms with Crippen molar-refractivity contribution in [2.75, 3.05) is 39.4 Å². The SMILES string of the molecule is CC(C)(C)OC(=O)N1CCC(COc2ccnc(OCC3CCN(C(=O)OC(C)(C)C)CC3)n2)CC1. The minimum Gasteiger partial charge on any atom is -0.477 e. The van der Waals surface area contributed by atoms with Crippen LogP contribution in [-0.4, -0.2) is 82.5 Å². The number of likely N-dealkylation sites (tertiary alicyclic amines) is 2. The number of nitrogens with zero attached hydrogens (tertiary/aromatic N) is 4. The smallest absolute Gasteiger partial charge is 0.410 e. The van der Waals surface area contributed by atoms with Gasteiger partial charge >= 0.3 is 18.2 Å². The molecule has 0 bridgehead atoms. The topological polar surface area (TPSA) is 103 Å². The van der Waals surface area contributed by atoms with E-state index in [4.69, 9.17) is 18.9 Å². The Morgan fingerprint density at radius 2 is 1.25 bits per heavy atom. The number of piperidine rings is 2. The first kappa shape index (κ1) is 27.8. The van der Waals surface area contributed by atoms with Gasteiger partial charge in [0.25, 0.3) is 0 Å². The first-order chi connectivity index (χ1) is 16.9. The van der Waals surface area contributed by atoms with Gasteiger partial charge < -0.3 is 28.7 Å². The molecule has 2 fully saturated rings. The van der Waals surface area contributed by atoms with E-state index in [1.807, 2.05) is 41.5 Å². The number of rotatable bonds is 6. The molecule has 0 N–H and O–H groups in total. The lowest BCUT2D eigenvalue weighted by atomic mass is 9.98. The fourth-order valence-electron chi connectivity index (χ4n) is 4.09. The Balaban J connectivity index is 1.36. The normalized spacial score (nSPS) is 18.1. The maximum Gasteiger partial charge on any atom is 0.410 e. The van der Waals surface area contributed by atoms with Crippen molar-refractivity contribution in [1.82, 2.24) is 19.8 Å². The summed E-state index contributed by atoms with van der Waals surface area (Å²) in [5, 5.41) is 0. The van der Waals surface area contributed by atoms with Crippen LogP contribution in [0, 0.1) is 11.8 Å². The van der Waals surface area contributed by atoms with Crippen LogP contribution >= 0.6 is 0 Å². The molecule has 1 aromatic rings. The maximum atomic E-state index is 12.2. The number of aromatic nitrogens is 2. The van der Waals surface area contributed by atoms with Crippen LogP contribution in [0.15, 0.2) is 12.3 Å². The molecule has 3 heterocycles. The monoisotopic (exact) mass is 506 g/mol. The molecule has 2 saturated heterocycles. The van der Waals surface area contributed by atoms with Crippen LogP contribution in [0.3, 0.4) is 0 Å². The van der Waals surface area contributed by atoms with Gasteiger partial charge in [0.2, 0.25) is 5.88 Å². The Morgan fingerprint density at radius 3 is 1.69 bits per heavy atom. The van der Waals surface area contributed by atoms with Gasteiger partial charge in [0, 0.05) is 38.4 Å². The largest absolute Gasteiger partial charge is 0.477 e. The van der Waals surface area contributed by atoms with Crippen LogP contribution in [0.1, 0.15) is 67.2 Å². The summed E-state index contributed by atoms with van der Waals surface area (Å²) in [5.41, 5.74) is -0.972. The molecule has 36 heavy (non-hydrogen) atoms. The highest BCUT2D eigenvalue weighted by Crippen LogP contribution is 2.23. The molecule has 0 aromatic carbocycles. The van der Waals surface area contributed by atoms with Crippen LogP contribution < -0.4 is 9.47 Å². The van der Waals surface area contributed by atoms with Crippen molar-refractivity contribution >= 4 is 12.2 Å². The molecule has 10 heteroatoms. The van der Waals surface area contributed by atoms with Gasteiger partial charge in [-0.25, -0.2) is 14.6 Å². The van der Waals surface area contributed by atoms with Crippen molar-refractivity contribution in [3.63, 3.8) is 0 Å². The average Bonchev–Trinajstić information content (AvgIpc) is 2.80. The Labute approximate surface area is 214 Å². The molecule has 10 nitrogen and oxygen atoms in total. The Hall–Kier alpha value is -2.78.